The molecule has 0 aliphatic heterocycles. The van der Waals surface area contributed by atoms with E-state index in [9.17, 15) is 13.2 Å². The minimum absolute atomic E-state index is 0.0610. The summed E-state index contributed by atoms with van der Waals surface area (Å²) in [4.78, 5) is 12.4. The van der Waals surface area contributed by atoms with Crippen molar-refractivity contribution in [1.29, 1.82) is 0 Å². The van der Waals surface area contributed by atoms with Crippen LogP contribution in [0.25, 0.3) is 0 Å². The van der Waals surface area contributed by atoms with Gasteiger partial charge in [-0.15, -0.1) is 0 Å². The van der Waals surface area contributed by atoms with Crippen molar-refractivity contribution < 1.29 is 13.2 Å². The zero-order valence-electron chi connectivity index (χ0n) is 14.8. The van der Waals surface area contributed by atoms with Crippen molar-refractivity contribution in [3.05, 3.63) is 64.7 Å². The van der Waals surface area contributed by atoms with E-state index in [4.69, 9.17) is 16.7 Å². The lowest BCUT2D eigenvalue weighted by Gasteiger charge is -2.23. The predicted octanol–water partition coefficient (Wildman–Crippen LogP) is 3.43. The second-order valence-corrected chi connectivity index (χ2v) is 8.53. The Bertz CT molecular complexity index is 847. The summed E-state index contributed by atoms with van der Waals surface area (Å²) < 4.78 is 22.5. The molecule has 0 fully saturated rings. The van der Waals surface area contributed by atoms with Crippen molar-refractivity contribution >= 4 is 27.5 Å². The fraction of sp³-hybridized carbons (Fsp3) is 0.316. The molecular formula is C19H23ClN2O3S. The largest absolute Gasteiger partial charge is 0.349 e. The number of hydrogen-bond acceptors (Lipinski definition) is 3. The lowest BCUT2D eigenvalue weighted by molar-refractivity contribution is -0.122. The zero-order chi connectivity index (χ0) is 19.3. The smallest absolute Gasteiger partial charge is 0.238 e. The molecule has 0 bridgehead atoms. The van der Waals surface area contributed by atoms with Gasteiger partial charge in [0.05, 0.1) is 10.9 Å². The van der Waals surface area contributed by atoms with Crippen LogP contribution in [0.3, 0.4) is 0 Å². The number of primary sulfonamides is 1. The standard InChI is InChI=1S/C19H23ClN2O3S/c1-13(2)19(15-6-8-16(20)9-7-15)22-18(23)12-5-14-3-10-17(11-4-14)26(21,24)25/h3-4,6-11,13,19H,5,12H2,1-2H3,(H,22,23)(H2,21,24,25). The first-order valence-electron chi connectivity index (χ1n) is 8.33. The number of benzene rings is 2. The molecule has 1 amide bonds. The summed E-state index contributed by atoms with van der Waals surface area (Å²) in [6.45, 7) is 4.09. The number of carbonyl (C=O) groups is 1. The summed E-state index contributed by atoms with van der Waals surface area (Å²) in [6.07, 6.45) is 0.827. The van der Waals surface area contributed by atoms with Crippen molar-refractivity contribution in [2.75, 3.05) is 0 Å². The number of carbonyl (C=O) groups excluding carboxylic acids is 1. The van der Waals surface area contributed by atoms with Crippen LogP contribution in [-0.2, 0) is 21.2 Å². The molecule has 2 rings (SSSR count). The van der Waals surface area contributed by atoms with Gasteiger partial charge in [-0.2, -0.15) is 0 Å². The maximum Gasteiger partial charge on any atom is 0.238 e. The molecule has 1 unspecified atom stereocenters. The first kappa shape index (κ1) is 20.4. The maximum absolute atomic E-state index is 12.3. The molecule has 1 atom stereocenters. The normalized spacial score (nSPS) is 12.8. The van der Waals surface area contributed by atoms with Crippen LogP contribution in [0.5, 0.6) is 0 Å². The van der Waals surface area contributed by atoms with E-state index in [1.54, 1.807) is 12.1 Å². The summed E-state index contributed by atoms with van der Waals surface area (Å²) in [6, 6.07) is 13.6. The lowest BCUT2D eigenvalue weighted by atomic mass is 9.95. The summed E-state index contributed by atoms with van der Waals surface area (Å²) in [7, 11) is -3.70. The Morgan fingerprint density at radius 2 is 1.65 bits per heavy atom. The van der Waals surface area contributed by atoms with E-state index >= 15 is 0 Å². The molecule has 0 aromatic heterocycles. The van der Waals surface area contributed by atoms with Gasteiger partial charge < -0.3 is 5.32 Å². The highest BCUT2D eigenvalue weighted by molar-refractivity contribution is 7.89. The molecule has 26 heavy (non-hydrogen) atoms. The highest BCUT2D eigenvalue weighted by Crippen LogP contribution is 2.23. The molecule has 3 N–H and O–H groups in total. The van der Waals surface area contributed by atoms with Gasteiger partial charge in [-0.05, 0) is 47.7 Å². The van der Waals surface area contributed by atoms with Gasteiger partial charge in [-0.1, -0.05) is 49.7 Å². The second-order valence-electron chi connectivity index (χ2n) is 6.53. The molecular weight excluding hydrogens is 372 g/mol. The highest BCUT2D eigenvalue weighted by Gasteiger charge is 2.18. The fourth-order valence-corrected chi connectivity index (χ4v) is 3.30. The number of hydrogen-bond donors (Lipinski definition) is 2. The number of nitrogens with one attached hydrogen (secondary N) is 1. The minimum atomic E-state index is -3.70. The van der Waals surface area contributed by atoms with Crippen LogP contribution in [0.15, 0.2) is 53.4 Å². The average Bonchev–Trinajstić information content (AvgIpc) is 2.58. The van der Waals surface area contributed by atoms with Gasteiger partial charge in [-0.3, -0.25) is 4.79 Å². The van der Waals surface area contributed by atoms with Crippen molar-refractivity contribution in [3.63, 3.8) is 0 Å². The summed E-state index contributed by atoms with van der Waals surface area (Å²) in [5, 5.41) is 8.79. The molecule has 0 spiro atoms. The Kier molecular flexibility index (Phi) is 6.81. The van der Waals surface area contributed by atoms with Crippen molar-refractivity contribution in [1.82, 2.24) is 5.32 Å². The second kappa shape index (κ2) is 8.66. The number of aryl methyl sites for hydroxylation is 1. The number of halogens is 1. The van der Waals surface area contributed by atoms with E-state index in [-0.39, 0.29) is 22.8 Å². The summed E-state index contributed by atoms with van der Waals surface area (Å²) in [5.74, 6) is 0.170. The van der Waals surface area contributed by atoms with Gasteiger partial charge in [0.1, 0.15) is 0 Å². The minimum Gasteiger partial charge on any atom is -0.349 e. The molecule has 0 radical (unpaired) electrons. The highest BCUT2D eigenvalue weighted by atomic mass is 35.5. The topological polar surface area (TPSA) is 89.3 Å². The molecule has 0 saturated heterocycles. The number of rotatable bonds is 7. The van der Waals surface area contributed by atoms with E-state index in [0.29, 0.717) is 17.9 Å². The van der Waals surface area contributed by atoms with Crippen LogP contribution in [0, 0.1) is 5.92 Å². The van der Waals surface area contributed by atoms with Gasteiger partial charge in [0.15, 0.2) is 0 Å². The van der Waals surface area contributed by atoms with E-state index < -0.39 is 10.0 Å². The molecule has 2 aromatic rings. The van der Waals surface area contributed by atoms with Crippen LogP contribution in [0.4, 0.5) is 0 Å². The third kappa shape index (κ3) is 5.83. The third-order valence-corrected chi connectivity index (χ3v) is 5.29. The van der Waals surface area contributed by atoms with Gasteiger partial charge in [0.25, 0.3) is 0 Å². The van der Waals surface area contributed by atoms with Crippen LogP contribution in [0.1, 0.15) is 37.4 Å². The number of amides is 1. The Balaban J connectivity index is 1.97. The van der Waals surface area contributed by atoms with Crippen molar-refractivity contribution in [3.8, 4) is 0 Å². The van der Waals surface area contributed by atoms with Gasteiger partial charge in [-0.25, -0.2) is 13.6 Å². The van der Waals surface area contributed by atoms with E-state index in [2.05, 4.69) is 5.32 Å². The zero-order valence-corrected chi connectivity index (χ0v) is 16.3. The van der Waals surface area contributed by atoms with E-state index in [1.807, 2.05) is 38.1 Å². The molecule has 0 saturated carbocycles. The first-order chi connectivity index (χ1) is 12.2. The quantitative estimate of drug-likeness (QED) is 0.753. The van der Waals surface area contributed by atoms with Crippen LogP contribution >= 0.6 is 11.6 Å². The Morgan fingerprint density at radius 3 is 2.15 bits per heavy atom. The molecule has 0 aliphatic rings. The van der Waals surface area contributed by atoms with Crippen molar-refractivity contribution in [2.45, 2.75) is 37.6 Å². The summed E-state index contributed by atoms with van der Waals surface area (Å²) in [5.41, 5.74) is 1.88. The Labute approximate surface area is 159 Å². The van der Waals surface area contributed by atoms with E-state index in [0.717, 1.165) is 11.1 Å². The summed E-state index contributed by atoms with van der Waals surface area (Å²) >= 11 is 5.93. The first-order valence-corrected chi connectivity index (χ1v) is 10.3. The fourth-order valence-electron chi connectivity index (χ4n) is 2.65. The van der Waals surface area contributed by atoms with Crippen LogP contribution in [-0.4, -0.2) is 14.3 Å². The molecule has 5 nitrogen and oxygen atoms in total. The Hall–Kier alpha value is -1.89. The Morgan fingerprint density at radius 1 is 1.08 bits per heavy atom. The van der Waals surface area contributed by atoms with E-state index in [1.165, 1.54) is 12.1 Å². The van der Waals surface area contributed by atoms with Crippen molar-refractivity contribution in [2.24, 2.45) is 11.1 Å². The SMILES string of the molecule is CC(C)C(NC(=O)CCc1ccc(S(N)(=O)=O)cc1)c1ccc(Cl)cc1. The number of sulfonamides is 1. The average molecular weight is 395 g/mol. The predicted molar refractivity (Wildman–Crippen MR) is 103 cm³/mol. The van der Waals surface area contributed by atoms with Gasteiger partial charge >= 0.3 is 0 Å². The molecule has 7 heteroatoms. The third-order valence-electron chi connectivity index (χ3n) is 4.10. The van der Waals surface area contributed by atoms with Gasteiger partial charge in [0, 0.05) is 11.4 Å². The van der Waals surface area contributed by atoms with Crippen LogP contribution in [0.2, 0.25) is 5.02 Å². The monoisotopic (exact) mass is 394 g/mol. The molecule has 0 aliphatic carbocycles. The lowest BCUT2D eigenvalue weighted by Crippen LogP contribution is -2.31. The van der Waals surface area contributed by atoms with Crippen LogP contribution < -0.4 is 10.5 Å². The maximum atomic E-state index is 12.3. The molecule has 140 valence electrons. The molecule has 2 aromatic carbocycles. The number of nitrogens with two attached hydrogens (primary N) is 1. The van der Waals surface area contributed by atoms with Gasteiger partial charge in [0.2, 0.25) is 15.9 Å². The molecule has 0 heterocycles.